The summed E-state index contributed by atoms with van der Waals surface area (Å²) in [7, 11) is 0. The van der Waals surface area contributed by atoms with Crippen LogP contribution in [-0.2, 0) is 15.3 Å². The molecule has 1 aliphatic heterocycles. The Morgan fingerprint density at radius 3 is 2.73 bits per heavy atom. The molecule has 0 spiro atoms. The summed E-state index contributed by atoms with van der Waals surface area (Å²) < 4.78 is 0. The van der Waals surface area contributed by atoms with Gasteiger partial charge in [-0.1, -0.05) is 23.7 Å². The SMILES string of the molecule is O=C(Nc1ccc(SCc2cccnc2)cc1)C1CC(=O)N(c2cccc(Cl)c2)C1. The second-order valence-corrected chi connectivity index (χ2v) is 8.53. The quantitative estimate of drug-likeness (QED) is 0.550. The maximum Gasteiger partial charge on any atom is 0.229 e. The fraction of sp³-hybridized carbons (Fsp3) is 0.174. The molecule has 2 heterocycles. The molecular formula is C23H20ClN3O2S. The number of carbonyl (C=O) groups excluding carboxylic acids is 2. The molecule has 1 saturated heterocycles. The third-order valence-electron chi connectivity index (χ3n) is 4.87. The Labute approximate surface area is 184 Å². The average molecular weight is 438 g/mol. The van der Waals surface area contributed by atoms with Gasteiger partial charge in [-0.3, -0.25) is 14.6 Å². The van der Waals surface area contributed by atoms with Gasteiger partial charge >= 0.3 is 0 Å². The highest BCUT2D eigenvalue weighted by Gasteiger charge is 2.35. The first-order chi connectivity index (χ1) is 14.6. The second-order valence-electron chi connectivity index (χ2n) is 7.05. The van der Waals surface area contributed by atoms with E-state index in [1.807, 2.05) is 48.7 Å². The molecule has 1 aromatic heterocycles. The first-order valence-corrected chi connectivity index (χ1v) is 10.9. The van der Waals surface area contributed by atoms with Gasteiger partial charge in [-0.25, -0.2) is 0 Å². The number of anilines is 2. The minimum absolute atomic E-state index is 0.0698. The van der Waals surface area contributed by atoms with Gasteiger partial charge < -0.3 is 10.2 Å². The molecule has 1 aliphatic rings. The fourth-order valence-corrected chi connectivity index (χ4v) is 4.32. The second kappa shape index (κ2) is 9.32. The molecule has 0 bridgehead atoms. The largest absolute Gasteiger partial charge is 0.326 e. The van der Waals surface area contributed by atoms with E-state index in [0.29, 0.717) is 11.6 Å². The van der Waals surface area contributed by atoms with Crippen LogP contribution in [0.2, 0.25) is 5.02 Å². The molecule has 4 rings (SSSR count). The van der Waals surface area contributed by atoms with Crippen LogP contribution in [0.3, 0.4) is 0 Å². The highest BCUT2D eigenvalue weighted by Crippen LogP contribution is 2.28. The van der Waals surface area contributed by atoms with Gasteiger partial charge in [0.05, 0.1) is 5.92 Å². The van der Waals surface area contributed by atoms with Gasteiger partial charge in [0, 0.05) is 52.4 Å². The number of amides is 2. The number of hydrogen-bond donors (Lipinski definition) is 1. The molecule has 30 heavy (non-hydrogen) atoms. The van der Waals surface area contributed by atoms with Crippen molar-refractivity contribution in [3.63, 3.8) is 0 Å². The lowest BCUT2D eigenvalue weighted by Crippen LogP contribution is -2.28. The molecule has 7 heteroatoms. The Kier molecular flexibility index (Phi) is 6.35. The normalized spacial score (nSPS) is 16.0. The number of benzene rings is 2. The first kappa shape index (κ1) is 20.4. The summed E-state index contributed by atoms with van der Waals surface area (Å²) in [5.74, 6) is 0.225. The van der Waals surface area contributed by atoms with E-state index in [4.69, 9.17) is 11.6 Å². The van der Waals surface area contributed by atoms with Crippen LogP contribution in [0.4, 0.5) is 11.4 Å². The topological polar surface area (TPSA) is 62.3 Å². The maximum atomic E-state index is 12.7. The van der Waals surface area contributed by atoms with Crippen molar-refractivity contribution >= 4 is 46.6 Å². The number of hydrogen-bond acceptors (Lipinski definition) is 4. The van der Waals surface area contributed by atoms with Crippen LogP contribution in [0.5, 0.6) is 0 Å². The highest BCUT2D eigenvalue weighted by molar-refractivity contribution is 7.98. The zero-order valence-corrected chi connectivity index (χ0v) is 17.7. The molecule has 1 fully saturated rings. The summed E-state index contributed by atoms with van der Waals surface area (Å²) in [4.78, 5) is 31.9. The molecule has 2 aromatic carbocycles. The molecule has 0 saturated carbocycles. The van der Waals surface area contributed by atoms with Crippen LogP contribution in [0.15, 0.2) is 78.0 Å². The van der Waals surface area contributed by atoms with E-state index in [-0.39, 0.29) is 18.2 Å². The Hall–Kier alpha value is -2.83. The lowest BCUT2D eigenvalue weighted by atomic mass is 10.1. The Balaban J connectivity index is 1.33. The molecule has 1 atom stereocenters. The van der Waals surface area contributed by atoms with Crippen molar-refractivity contribution in [1.29, 1.82) is 0 Å². The Morgan fingerprint density at radius 2 is 2.00 bits per heavy atom. The maximum absolute atomic E-state index is 12.7. The summed E-state index contributed by atoms with van der Waals surface area (Å²) in [5, 5.41) is 3.49. The van der Waals surface area contributed by atoms with Crippen LogP contribution in [0.1, 0.15) is 12.0 Å². The monoisotopic (exact) mass is 437 g/mol. The van der Waals surface area contributed by atoms with Gasteiger partial charge in [-0.2, -0.15) is 0 Å². The summed E-state index contributed by atoms with van der Waals surface area (Å²) in [5.41, 5.74) is 2.60. The molecule has 0 radical (unpaired) electrons. The van der Waals surface area contributed by atoms with Crippen molar-refractivity contribution in [2.75, 3.05) is 16.8 Å². The molecule has 1 unspecified atom stereocenters. The van der Waals surface area contributed by atoms with E-state index in [0.717, 1.165) is 27.6 Å². The molecule has 152 valence electrons. The molecule has 2 amide bonds. The third kappa shape index (κ3) is 5.01. The summed E-state index contributed by atoms with van der Waals surface area (Å²) >= 11 is 7.74. The summed E-state index contributed by atoms with van der Waals surface area (Å²) in [6, 6.07) is 18.8. The van der Waals surface area contributed by atoms with Crippen LogP contribution in [-0.4, -0.2) is 23.3 Å². The number of halogens is 1. The van der Waals surface area contributed by atoms with E-state index in [1.165, 1.54) is 0 Å². The number of thioether (sulfide) groups is 1. The smallest absolute Gasteiger partial charge is 0.229 e. The molecule has 5 nitrogen and oxygen atoms in total. The summed E-state index contributed by atoms with van der Waals surface area (Å²) in [6.07, 6.45) is 3.81. The Bertz CT molecular complexity index is 1040. The number of nitrogens with zero attached hydrogens (tertiary/aromatic N) is 2. The minimum Gasteiger partial charge on any atom is -0.326 e. The first-order valence-electron chi connectivity index (χ1n) is 9.57. The van der Waals surface area contributed by atoms with Crippen molar-refractivity contribution in [2.45, 2.75) is 17.1 Å². The van der Waals surface area contributed by atoms with Crippen molar-refractivity contribution in [3.8, 4) is 0 Å². The molecule has 0 aliphatic carbocycles. The lowest BCUT2D eigenvalue weighted by Gasteiger charge is -2.17. The lowest BCUT2D eigenvalue weighted by molar-refractivity contribution is -0.122. The fourth-order valence-electron chi connectivity index (χ4n) is 3.31. The molecule has 1 N–H and O–H groups in total. The van der Waals surface area contributed by atoms with Crippen molar-refractivity contribution < 1.29 is 9.59 Å². The van der Waals surface area contributed by atoms with Crippen LogP contribution >= 0.6 is 23.4 Å². The van der Waals surface area contributed by atoms with Gasteiger partial charge in [0.15, 0.2) is 0 Å². The Morgan fingerprint density at radius 1 is 1.17 bits per heavy atom. The van der Waals surface area contributed by atoms with Gasteiger partial charge in [0.2, 0.25) is 11.8 Å². The molecular weight excluding hydrogens is 418 g/mol. The predicted octanol–water partition coefficient (Wildman–Crippen LogP) is 5.02. The van der Waals surface area contributed by atoms with Gasteiger partial charge in [-0.15, -0.1) is 11.8 Å². The van der Waals surface area contributed by atoms with Crippen molar-refractivity contribution in [2.24, 2.45) is 5.92 Å². The van der Waals surface area contributed by atoms with E-state index >= 15 is 0 Å². The number of nitrogens with one attached hydrogen (secondary N) is 1. The van der Waals surface area contributed by atoms with Crippen LogP contribution in [0.25, 0.3) is 0 Å². The predicted molar refractivity (Wildman–Crippen MR) is 121 cm³/mol. The number of carbonyl (C=O) groups is 2. The number of pyridine rings is 1. The summed E-state index contributed by atoms with van der Waals surface area (Å²) in [6.45, 7) is 0.351. The average Bonchev–Trinajstić information content (AvgIpc) is 3.16. The van der Waals surface area contributed by atoms with E-state index < -0.39 is 5.92 Å². The van der Waals surface area contributed by atoms with Gasteiger partial charge in [0.1, 0.15) is 0 Å². The zero-order chi connectivity index (χ0) is 20.9. The van der Waals surface area contributed by atoms with E-state index in [2.05, 4.69) is 10.3 Å². The molecule has 3 aromatic rings. The van der Waals surface area contributed by atoms with E-state index in [1.54, 1.807) is 41.1 Å². The van der Waals surface area contributed by atoms with Crippen molar-refractivity contribution in [1.82, 2.24) is 4.98 Å². The van der Waals surface area contributed by atoms with Gasteiger partial charge in [0.25, 0.3) is 0 Å². The van der Waals surface area contributed by atoms with Crippen LogP contribution < -0.4 is 10.2 Å². The van der Waals surface area contributed by atoms with Crippen molar-refractivity contribution in [3.05, 3.63) is 83.6 Å². The number of aromatic nitrogens is 1. The zero-order valence-electron chi connectivity index (χ0n) is 16.1. The van der Waals surface area contributed by atoms with Crippen LogP contribution in [0, 0.1) is 5.92 Å². The highest BCUT2D eigenvalue weighted by atomic mass is 35.5. The third-order valence-corrected chi connectivity index (χ3v) is 6.18. The standard InChI is InChI=1S/C23H20ClN3O2S/c24-18-4-1-5-20(12-18)27-14-17(11-22(27)28)23(29)26-19-6-8-21(9-7-19)30-15-16-3-2-10-25-13-16/h1-10,12-13,17H,11,14-15H2,(H,26,29). The van der Waals surface area contributed by atoms with E-state index in [9.17, 15) is 9.59 Å². The minimum atomic E-state index is -0.392. The van der Waals surface area contributed by atoms with Gasteiger partial charge in [-0.05, 0) is 54.1 Å². The number of rotatable bonds is 6.